The van der Waals surface area contributed by atoms with E-state index in [-0.39, 0.29) is 6.03 Å². The summed E-state index contributed by atoms with van der Waals surface area (Å²) in [5.74, 6) is 0.674. The van der Waals surface area contributed by atoms with Crippen molar-refractivity contribution < 1.29 is 4.79 Å². The average Bonchev–Trinajstić information content (AvgIpc) is 2.46. The lowest BCUT2D eigenvalue weighted by Crippen LogP contribution is -2.28. The quantitative estimate of drug-likeness (QED) is 0.838. The number of nitrogens with one attached hydrogen (secondary N) is 2. The van der Waals surface area contributed by atoms with Gasteiger partial charge >= 0.3 is 6.03 Å². The minimum absolute atomic E-state index is 0.260. The summed E-state index contributed by atoms with van der Waals surface area (Å²) in [6.07, 6.45) is 3.35. The molecule has 0 fully saturated rings. The second-order valence-electron chi connectivity index (χ2n) is 4.22. The molecule has 2 aromatic rings. The summed E-state index contributed by atoms with van der Waals surface area (Å²) in [6.45, 7) is 5.89. The molecule has 0 unspecified atom stereocenters. The number of carbonyl (C=O) groups is 1. The van der Waals surface area contributed by atoms with E-state index >= 15 is 0 Å². The molecule has 2 amide bonds. The number of nitrogens with zero attached hydrogens (tertiary/aromatic N) is 2. The van der Waals surface area contributed by atoms with Crippen LogP contribution in [0, 0.1) is 6.92 Å². The van der Waals surface area contributed by atoms with Crippen LogP contribution in [0.4, 0.5) is 10.5 Å². The Kier molecular flexibility index (Phi) is 4.44. The zero-order valence-corrected chi connectivity index (χ0v) is 11.3. The number of amides is 2. The van der Waals surface area contributed by atoms with Crippen molar-refractivity contribution in [3.8, 4) is 11.4 Å². The van der Waals surface area contributed by atoms with Crippen molar-refractivity contribution >= 4 is 11.7 Å². The molecule has 20 heavy (non-hydrogen) atoms. The van der Waals surface area contributed by atoms with Crippen LogP contribution in [0.2, 0.25) is 0 Å². The van der Waals surface area contributed by atoms with E-state index in [1.165, 1.54) is 0 Å². The van der Waals surface area contributed by atoms with Crippen LogP contribution in [0.15, 0.2) is 49.2 Å². The van der Waals surface area contributed by atoms with Gasteiger partial charge in [0.1, 0.15) is 0 Å². The second-order valence-corrected chi connectivity index (χ2v) is 4.22. The van der Waals surface area contributed by atoms with Crippen molar-refractivity contribution in [2.24, 2.45) is 0 Å². The molecule has 0 atom stereocenters. The summed E-state index contributed by atoms with van der Waals surface area (Å²) in [5.41, 5.74) is 2.54. The highest BCUT2D eigenvalue weighted by atomic mass is 16.2. The Morgan fingerprint density at radius 2 is 2.05 bits per heavy atom. The van der Waals surface area contributed by atoms with Crippen molar-refractivity contribution in [3.05, 3.63) is 54.9 Å². The number of anilines is 1. The van der Waals surface area contributed by atoms with E-state index in [0.29, 0.717) is 18.1 Å². The fourth-order valence-corrected chi connectivity index (χ4v) is 1.63. The van der Waals surface area contributed by atoms with Crippen LogP contribution in [0.25, 0.3) is 11.4 Å². The molecule has 5 heteroatoms. The van der Waals surface area contributed by atoms with E-state index in [2.05, 4.69) is 27.2 Å². The SMILES string of the molecule is C=CCNC(=O)Nc1ccc(-c2nccc(C)n2)cc1. The lowest BCUT2D eigenvalue weighted by atomic mass is 10.2. The first-order valence-electron chi connectivity index (χ1n) is 6.25. The third kappa shape index (κ3) is 3.65. The van der Waals surface area contributed by atoms with Crippen LogP contribution in [0.5, 0.6) is 0 Å². The van der Waals surface area contributed by atoms with Gasteiger partial charge in [0.25, 0.3) is 0 Å². The molecular formula is C15H16N4O. The Bertz CT molecular complexity index is 608. The van der Waals surface area contributed by atoms with E-state index in [0.717, 1.165) is 11.3 Å². The zero-order valence-electron chi connectivity index (χ0n) is 11.3. The summed E-state index contributed by atoms with van der Waals surface area (Å²) in [4.78, 5) is 20.0. The Hall–Kier alpha value is -2.69. The van der Waals surface area contributed by atoms with Crippen molar-refractivity contribution in [1.82, 2.24) is 15.3 Å². The fourth-order valence-electron chi connectivity index (χ4n) is 1.63. The summed E-state index contributed by atoms with van der Waals surface area (Å²) in [7, 11) is 0. The maximum Gasteiger partial charge on any atom is 0.319 e. The van der Waals surface area contributed by atoms with Gasteiger partial charge in [0, 0.05) is 29.7 Å². The van der Waals surface area contributed by atoms with Crippen LogP contribution in [0.3, 0.4) is 0 Å². The van der Waals surface area contributed by atoms with Crippen LogP contribution in [0.1, 0.15) is 5.69 Å². The number of rotatable bonds is 4. The number of hydrogen-bond donors (Lipinski definition) is 2. The third-order valence-corrected chi connectivity index (χ3v) is 2.60. The minimum Gasteiger partial charge on any atom is -0.334 e. The molecule has 5 nitrogen and oxygen atoms in total. The maximum absolute atomic E-state index is 11.5. The highest BCUT2D eigenvalue weighted by Crippen LogP contribution is 2.17. The molecule has 2 rings (SSSR count). The maximum atomic E-state index is 11.5. The van der Waals surface area contributed by atoms with E-state index < -0.39 is 0 Å². The summed E-state index contributed by atoms with van der Waals surface area (Å²) >= 11 is 0. The highest BCUT2D eigenvalue weighted by molar-refractivity contribution is 5.89. The first-order valence-corrected chi connectivity index (χ1v) is 6.25. The second kappa shape index (κ2) is 6.47. The number of benzene rings is 1. The molecule has 0 spiro atoms. The van der Waals surface area contributed by atoms with Gasteiger partial charge in [-0.05, 0) is 37.3 Å². The topological polar surface area (TPSA) is 66.9 Å². The number of carbonyl (C=O) groups excluding carboxylic acids is 1. The van der Waals surface area contributed by atoms with Crippen molar-refractivity contribution in [1.29, 1.82) is 0 Å². The smallest absolute Gasteiger partial charge is 0.319 e. The third-order valence-electron chi connectivity index (χ3n) is 2.60. The van der Waals surface area contributed by atoms with Gasteiger partial charge in [-0.1, -0.05) is 6.08 Å². The molecule has 0 aliphatic rings. The Balaban J connectivity index is 2.06. The lowest BCUT2D eigenvalue weighted by Gasteiger charge is -2.07. The largest absolute Gasteiger partial charge is 0.334 e. The van der Waals surface area contributed by atoms with E-state index in [4.69, 9.17) is 0 Å². The van der Waals surface area contributed by atoms with Gasteiger partial charge in [0.2, 0.25) is 0 Å². The highest BCUT2D eigenvalue weighted by Gasteiger charge is 2.03. The van der Waals surface area contributed by atoms with Crippen molar-refractivity contribution in [3.63, 3.8) is 0 Å². The molecule has 0 saturated carbocycles. The predicted octanol–water partition coefficient (Wildman–Crippen LogP) is 2.76. The fraction of sp³-hybridized carbons (Fsp3) is 0.133. The Morgan fingerprint density at radius 3 is 2.70 bits per heavy atom. The predicted molar refractivity (Wildman–Crippen MR) is 79.4 cm³/mol. The van der Waals surface area contributed by atoms with Crippen LogP contribution < -0.4 is 10.6 Å². The molecule has 0 bridgehead atoms. The summed E-state index contributed by atoms with van der Waals surface area (Å²) in [5, 5.41) is 5.37. The van der Waals surface area contributed by atoms with Gasteiger partial charge in [0.15, 0.2) is 5.82 Å². The van der Waals surface area contributed by atoms with Gasteiger partial charge in [-0.25, -0.2) is 14.8 Å². The average molecular weight is 268 g/mol. The normalized spacial score (nSPS) is 9.85. The van der Waals surface area contributed by atoms with E-state index in [1.807, 2.05) is 37.3 Å². The molecule has 0 aliphatic heterocycles. The Morgan fingerprint density at radius 1 is 1.30 bits per heavy atom. The van der Waals surface area contributed by atoms with Gasteiger partial charge in [-0.15, -0.1) is 6.58 Å². The van der Waals surface area contributed by atoms with Gasteiger partial charge in [-0.2, -0.15) is 0 Å². The van der Waals surface area contributed by atoms with Crippen LogP contribution in [-0.4, -0.2) is 22.5 Å². The molecule has 102 valence electrons. The molecule has 0 aliphatic carbocycles. The van der Waals surface area contributed by atoms with E-state index in [1.54, 1.807) is 12.3 Å². The van der Waals surface area contributed by atoms with Crippen LogP contribution >= 0.6 is 0 Å². The first kappa shape index (κ1) is 13.7. The number of hydrogen-bond acceptors (Lipinski definition) is 3. The zero-order chi connectivity index (χ0) is 14.4. The molecule has 2 N–H and O–H groups in total. The van der Waals surface area contributed by atoms with Gasteiger partial charge < -0.3 is 10.6 Å². The lowest BCUT2D eigenvalue weighted by molar-refractivity contribution is 0.253. The standard InChI is InChI=1S/C15H16N4O/c1-3-9-17-15(20)19-13-6-4-12(5-7-13)14-16-10-8-11(2)18-14/h3-8,10H,1,9H2,2H3,(H2,17,19,20). The Labute approximate surface area is 117 Å². The number of aryl methyl sites for hydroxylation is 1. The molecular weight excluding hydrogens is 252 g/mol. The number of urea groups is 1. The monoisotopic (exact) mass is 268 g/mol. The molecule has 1 aromatic heterocycles. The number of aromatic nitrogens is 2. The van der Waals surface area contributed by atoms with Gasteiger partial charge in [-0.3, -0.25) is 0 Å². The summed E-state index contributed by atoms with van der Waals surface area (Å²) < 4.78 is 0. The van der Waals surface area contributed by atoms with Crippen LogP contribution in [-0.2, 0) is 0 Å². The van der Waals surface area contributed by atoms with Crippen molar-refractivity contribution in [2.75, 3.05) is 11.9 Å². The van der Waals surface area contributed by atoms with E-state index in [9.17, 15) is 4.79 Å². The minimum atomic E-state index is -0.260. The van der Waals surface area contributed by atoms with Crippen molar-refractivity contribution in [2.45, 2.75) is 6.92 Å². The van der Waals surface area contributed by atoms with Gasteiger partial charge in [0.05, 0.1) is 0 Å². The summed E-state index contributed by atoms with van der Waals surface area (Å²) in [6, 6.07) is 8.96. The molecule has 1 heterocycles. The first-order chi connectivity index (χ1) is 9.69. The molecule has 0 saturated heterocycles. The molecule has 0 radical (unpaired) electrons. The molecule has 1 aromatic carbocycles.